The molecule has 0 radical (unpaired) electrons. The highest BCUT2D eigenvalue weighted by Crippen LogP contribution is 2.28. The van der Waals surface area contributed by atoms with E-state index in [0.717, 1.165) is 10.0 Å². The van der Waals surface area contributed by atoms with Crippen molar-refractivity contribution in [1.29, 1.82) is 0 Å². The van der Waals surface area contributed by atoms with E-state index in [4.69, 9.17) is 0 Å². The van der Waals surface area contributed by atoms with Crippen molar-refractivity contribution in [3.8, 4) is 0 Å². The lowest BCUT2D eigenvalue weighted by Gasteiger charge is -2.31. The first-order chi connectivity index (χ1) is 9.61. The van der Waals surface area contributed by atoms with Gasteiger partial charge in [0.05, 0.1) is 4.92 Å². The molecular weight excluding hydrogens is 320 g/mol. The van der Waals surface area contributed by atoms with Crippen molar-refractivity contribution in [2.45, 2.75) is 51.6 Å². The van der Waals surface area contributed by atoms with E-state index in [1.807, 2.05) is 6.07 Å². The average molecular weight is 341 g/mol. The van der Waals surface area contributed by atoms with E-state index in [9.17, 15) is 10.1 Å². The molecule has 4 nitrogen and oxygen atoms in total. The summed E-state index contributed by atoms with van der Waals surface area (Å²) in [6.07, 6.45) is 6.20. The monoisotopic (exact) mass is 340 g/mol. The van der Waals surface area contributed by atoms with Gasteiger partial charge < -0.3 is 5.32 Å². The lowest BCUT2D eigenvalue weighted by atomic mass is 9.83. The van der Waals surface area contributed by atoms with Gasteiger partial charge in [-0.2, -0.15) is 0 Å². The summed E-state index contributed by atoms with van der Waals surface area (Å²) in [7, 11) is 0. The average Bonchev–Trinajstić information content (AvgIpc) is 2.45. The maximum atomic E-state index is 11.1. The van der Waals surface area contributed by atoms with Crippen LogP contribution in [0.25, 0.3) is 0 Å². The van der Waals surface area contributed by atoms with E-state index in [0.29, 0.717) is 18.5 Å². The summed E-state index contributed by atoms with van der Waals surface area (Å²) in [4.78, 5) is 10.8. The molecule has 0 spiro atoms. The van der Waals surface area contributed by atoms with Crippen molar-refractivity contribution < 1.29 is 4.92 Å². The van der Waals surface area contributed by atoms with Gasteiger partial charge in [-0.3, -0.25) is 10.1 Å². The van der Waals surface area contributed by atoms with Gasteiger partial charge in [-0.15, -0.1) is 0 Å². The molecule has 1 N–H and O–H groups in total. The van der Waals surface area contributed by atoms with Crippen LogP contribution in [-0.2, 0) is 6.54 Å². The van der Waals surface area contributed by atoms with Crippen LogP contribution in [0.4, 0.5) is 5.69 Å². The summed E-state index contributed by atoms with van der Waals surface area (Å²) in [6.45, 7) is 2.79. The van der Waals surface area contributed by atoms with E-state index in [2.05, 4.69) is 28.2 Å². The summed E-state index contributed by atoms with van der Waals surface area (Å²) in [6, 6.07) is 5.62. The van der Waals surface area contributed by atoms with Crippen LogP contribution >= 0.6 is 15.9 Å². The third-order valence-corrected chi connectivity index (χ3v) is 4.72. The van der Waals surface area contributed by atoms with Gasteiger partial charge in [-0.05, 0) is 30.9 Å². The predicted octanol–water partition coefficient (Wildman–Crippen LogP) is 4.42. The van der Waals surface area contributed by atoms with Gasteiger partial charge in [0, 0.05) is 28.7 Å². The Morgan fingerprint density at radius 1 is 1.40 bits per heavy atom. The molecule has 5 heteroatoms. The van der Waals surface area contributed by atoms with Gasteiger partial charge in [0.1, 0.15) is 0 Å². The second-order valence-electron chi connectivity index (χ2n) is 5.47. The molecule has 1 saturated carbocycles. The SMILES string of the molecule is CCC1CCCCC1NCc1cc(Br)ccc1[N+](=O)[O-]. The van der Waals surface area contributed by atoms with Crippen LogP contribution in [0.1, 0.15) is 44.6 Å². The number of nitro groups is 1. The summed E-state index contributed by atoms with van der Waals surface area (Å²) in [5, 5.41) is 14.6. The number of hydrogen-bond donors (Lipinski definition) is 1. The molecule has 2 atom stereocenters. The van der Waals surface area contributed by atoms with E-state index in [-0.39, 0.29) is 10.6 Å². The molecular formula is C15H21BrN2O2. The van der Waals surface area contributed by atoms with Gasteiger partial charge in [-0.25, -0.2) is 0 Å². The molecule has 20 heavy (non-hydrogen) atoms. The summed E-state index contributed by atoms with van der Waals surface area (Å²) in [5.41, 5.74) is 0.953. The minimum Gasteiger partial charge on any atom is -0.309 e. The van der Waals surface area contributed by atoms with E-state index in [1.54, 1.807) is 12.1 Å². The first kappa shape index (κ1) is 15.4. The molecule has 0 aromatic heterocycles. The van der Waals surface area contributed by atoms with Crippen molar-refractivity contribution in [3.05, 3.63) is 38.3 Å². The second-order valence-corrected chi connectivity index (χ2v) is 6.39. The smallest absolute Gasteiger partial charge is 0.273 e. The Morgan fingerprint density at radius 2 is 2.15 bits per heavy atom. The van der Waals surface area contributed by atoms with Crippen molar-refractivity contribution in [2.75, 3.05) is 0 Å². The van der Waals surface area contributed by atoms with E-state index in [1.165, 1.54) is 32.1 Å². The topological polar surface area (TPSA) is 55.2 Å². The quantitative estimate of drug-likeness (QED) is 0.637. The van der Waals surface area contributed by atoms with Crippen molar-refractivity contribution in [3.63, 3.8) is 0 Å². The molecule has 1 aliphatic rings. The highest BCUT2D eigenvalue weighted by molar-refractivity contribution is 9.10. The third kappa shape index (κ3) is 3.79. The largest absolute Gasteiger partial charge is 0.309 e. The zero-order valence-electron chi connectivity index (χ0n) is 11.8. The minimum atomic E-state index is -0.304. The summed E-state index contributed by atoms with van der Waals surface area (Å²) in [5.74, 6) is 0.704. The molecule has 0 amide bonds. The molecule has 110 valence electrons. The van der Waals surface area contributed by atoms with Crippen LogP contribution in [-0.4, -0.2) is 11.0 Å². The molecule has 0 aliphatic heterocycles. The van der Waals surface area contributed by atoms with Crippen LogP contribution in [0.5, 0.6) is 0 Å². The molecule has 1 fully saturated rings. The molecule has 0 heterocycles. The second kappa shape index (κ2) is 7.18. The van der Waals surface area contributed by atoms with Crippen LogP contribution in [0, 0.1) is 16.0 Å². The zero-order chi connectivity index (χ0) is 14.5. The minimum absolute atomic E-state index is 0.199. The van der Waals surface area contributed by atoms with Gasteiger partial charge >= 0.3 is 0 Å². The van der Waals surface area contributed by atoms with Crippen LogP contribution in [0.3, 0.4) is 0 Å². The maximum absolute atomic E-state index is 11.1. The first-order valence-corrected chi connectivity index (χ1v) is 8.07. The zero-order valence-corrected chi connectivity index (χ0v) is 13.4. The number of nitrogens with zero attached hydrogens (tertiary/aromatic N) is 1. The Morgan fingerprint density at radius 3 is 2.85 bits per heavy atom. The van der Waals surface area contributed by atoms with Crippen molar-refractivity contribution >= 4 is 21.6 Å². The number of nitrogens with one attached hydrogen (secondary N) is 1. The molecule has 0 saturated heterocycles. The van der Waals surface area contributed by atoms with Gasteiger partial charge in [0.15, 0.2) is 0 Å². The lowest BCUT2D eigenvalue weighted by molar-refractivity contribution is -0.385. The number of nitro benzene ring substituents is 1. The molecule has 2 unspecified atom stereocenters. The Bertz CT molecular complexity index is 479. The number of halogens is 1. The molecule has 2 rings (SSSR count). The first-order valence-electron chi connectivity index (χ1n) is 7.28. The van der Waals surface area contributed by atoms with Crippen LogP contribution in [0.2, 0.25) is 0 Å². The number of hydrogen-bond acceptors (Lipinski definition) is 3. The van der Waals surface area contributed by atoms with Crippen molar-refractivity contribution in [1.82, 2.24) is 5.32 Å². The van der Waals surface area contributed by atoms with E-state index < -0.39 is 0 Å². The van der Waals surface area contributed by atoms with Gasteiger partial charge in [-0.1, -0.05) is 42.1 Å². The Kier molecular flexibility index (Phi) is 5.54. The van der Waals surface area contributed by atoms with Crippen LogP contribution < -0.4 is 5.32 Å². The fraction of sp³-hybridized carbons (Fsp3) is 0.600. The number of rotatable bonds is 5. The Hall–Kier alpha value is -0.940. The molecule has 1 aliphatic carbocycles. The molecule has 0 bridgehead atoms. The van der Waals surface area contributed by atoms with Crippen LogP contribution in [0.15, 0.2) is 22.7 Å². The summed E-state index contributed by atoms with van der Waals surface area (Å²) >= 11 is 3.39. The fourth-order valence-electron chi connectivity index (χ4n) is 3.08. The maximum Gasteiger partial charge on any atom is 0.273 e. The van der Waals surface area contributed by atoms with Gasteiger partial charge in [0.25, 0.3) is 5.69 Å². The predicted molar refractivity (Wildman–Crippen MR) is 83.7 cm³/mol. The van der Waals surface area contributed by atoms with E-state index >= 15 is 0 Å². The lowest BCUT2D eigenvalue weighted by Crippen LogP contribution is -2.37. The van der Waals surface area contributed by atoms with Crippen molar-refractivity contribution in [2.24, 2.45) is 5.92 Å². The fourth-order valence-corrected chi connectivity index (χ4v) is 3.49. The number of benzene rings is 1. The highest BCUT2D eigenvalue weighted by Gasteiger charge is 2.24. The molecule has 1 aromatic carbocycles. The summed E-state index contributed by atoms with van der Waals surface area (Å²) < 4.78 is 0.885. The Balaban J connectivity index is 2.06. The highest BCUT2D eigenvalue weighted by atomic mass is 79.9. The van der Waals surface area contributed by atoms with Gasteiger partial charge in [0.2, 0.25) is 0 Å². The normalized spacial score (nSPS) is 22.7. The molecule has 1 aromatic rings. The third-order valence-electron chi connectivity index (χ3n) is 4.23. The standard InChI is InChI=1S/C15H21BrN2O2/c1-2-11-5-3-4-6-14(11)17-10-12-9-13(16)7-8-15(12)18(19)20/h7-9,11,14,17H,2-6,10H2,1H3. The Labute approximate surface area is 128 Å².